The van der Waals surface area contributed by atoms with E-state index in [1.54, 1.807) is 0 Å². The average Bonchev–Trinajstić information content (AvgIpc) is 2.43. The van der Waals surface area contributed by atoms with E-state index < -0.39 is 9.84 Å². The number of nitrogens with one attached hydrogen (secondary N) is 1. The van der Waals surface area contributed by atoms with Gasteiger partial charge in [-0.25, -0.2) is 8.42 Å². The van der Waals surface area contributed by atoms with Gasteiger partial charge in [0.05, 0.1) is 22.3 Å². The van der Waals surface area contributed by atoms with E-state index in [0.717, 1.165) is 12.8 Å². The van der Waals surface area contributed by atoms with Crippen LogP contribution in [-0.4, -0.2) is 26.8 Å². The molecular weight excluding hydrogens is 260 g/mol. The highest BCUT2D eigenvalue weighted by atomic mass is 32.2. The van der Waals surface area contributed by atoms with E-state index in [9.17, 15) is 8.42 Å². The van der Waals surface area contributed by atoms with Crippen LogP contribution in [0.25, 0.3) is 0 Å². The van der Waals surface area contributed by atoms with Gasteiger partial charge in [-0.05, 0) is 37.1 Å². The van der Waals surface area contributed by atoms with Gasteiger partial charge in [0, 0.05) is 12.6 Å². The number of nitrogens with zero attached hydrogens (tertiary/aromatic N) is 1. The minimum atomic E-state index is -3.27. The van der Waals surface area contributed by atoms with Crippen molar-refractivity contribution >= 4 is 9.84 Å². The van der Waals surface area contributed by atoms with Crippen molar-refractivity contribution in [2.45, 2.75) is 37.6 Å². The Morgan fingerprint density at radius 2 is 1.79 bits per heavy atom. The number of nitriles is 1. The molecule has 0 aromatic heterocycles. The molecule has 1 aromatic rings. The smallest absolute Gasteiger partial charge is 0.179 e. The Morgan fingerprint density at radius 1 is 1.21 bits per heavy atom. The van der Waals surface area contributed by atoms with Crippen LogP contribution in [0.5, 0.6) is 0 Å². The van der Waals surface area contributed by atoms with Crippen LogP contribution >= 0.6 is 0 Å². The van der Waals surface area contributed by atoms with Crippen LogP contribution < -0.4 is 5.32 Å². The molecule has 0 aliphatic rings. The van der Waals surface area contributed by atoms with Gasteiger partial charge in [-0.3, -0.25) is 0 Å². The van der Waals surface area contributed by atoms with Crippen molar-refractivity contribution in [2.24, 2.45) is 0 Å². The van der Waals surface area contributed by atoms with E-state index in [2.05, 4.69) is 19.2 Å². The molecule has 0 atom stereocenters. The molecule has 0 amide bonds. The largest absolute Gasteiger partial charge is 0.313 e. The van der Waals surface area contributed by atoms with E-state index in [0.29, 0.717) is 18.2 Å². The fourth-order valence-electron chi connectivity index (χ4n) is 1.83. The minimum Gasteiger partial charge on any atom is -0.313 e. The van der Waals surface area contributed by atoms with Gasteiger partial charge in [0.2, 0.25) is 0 Å². The van der Waals surface area contributed by atoms with Gasteiger partial charge in [0.25, 0.3) is 0 Å². The maximum absolute atomic E-state index is 12.1. The second-order valence-electron chi connectivity index (χ2n) is 4.42. The molecule has 0 radical (unpaired) electrons. The lowest BCUT2D eigenvalue weighted by Crippen LogP contribution is -2.32. The molecule has 0 saturated carbocycles. The molecule has 104 valence electrons. The Labute approximate surface area is 115 Å². The predicted molar refractivity (Wildman–Crippen MR) is 75.6 cm³/mol. The van der Waals surface area contributed by atoms with Crippen LogP contribution in [0.1, 0.15) is 32.3 Å². The molecule has 1 aromatic carbocycles. The SMILES string of the molecule is CCC(CC)NCCS(=O)(=O)c1ccc(C#N)cc1. The molecule has 0 aliphatic heterocycles. The summed E-state index contributed by atoms with van der Waals surface area (Å²) in [5, 5.41) is 11.9. The molecule has 0 bridgehead atoms. The van der Waals surface area contributed by atoms with Gasteiger partial charge >= 0.3 is 0 Å². The number of hydrogen-bond acceptors (Lipinski definition) is 4. The summed E-state index contributed by atoms with van der Waals surface area (Å²) in [6.07, 6.45) is 1.99. The summed E-state index contributed by atoms with van der Waals surface area (Å²) >= 11 is 0. The summed E-state index contributed by atoms with van der Waals surface area (Å²) in [6, 6.07) is 8.38. The zero-order chi connectivity index (χ0) is 14.3. The third kappa shape index (κ3) is 4.66. The molecule has 0 aliphatic carbocycles. The number of sulfone groups is 1. The Morgan fingerprint density at radius 3 is 2.26 bits per heavy atom. The molecule has 0 fully saturated rings. The first-order valence-corrected chi connectivity index (χ1v) is 8.15. The highest BCUT2D eigenvalue weighted by molar-refractivity contribution is 7.91. The molecule has 0 spiro atoms. The molecule has 4 nitrogen and oxygen atoms in total. The molecule has 19 heavy (non-hydrogen) atoms. The van der Waals surface area contributed by atoms with Crippen LogP contribution in [0.4, 0.5) is 0 Å². The van der Waals surface area contributed by atoms with Crippen molar-refractivity contribution in [1.82, 2.24) is 5.32 Å². The molecule has 5 heteroatoms. The molecule has 1 N–H and O–H groups in total. The fourth-order valence-corrected chi connectivity index (χ4v) is 3.00. The Kier molecular flexibility index (Phi) is 6.00. The van der Waals surface area contributed by atoms with Gasteiger partial charge < -0.3 is 5.32 Å². The van der Waals surface area contributed by atoms with Crippen LogP contribution in [0.3, 0.4) is 0 Å². The predicted octanol–water partition coefficient (Wildman–Crippen LogP) is 2.11. The minimum absolute atomic E-state index is 0.0788. The van der Waals surface area contributed by atoms with Gasteiger partial charge in [-0.2, -0.15) is 5.26 Å². The number of hydrogen-bond donors (Lipinski definition) is 1. The fraction of sp³-hybridized carbons (Fsp3) is 0.500. The standard InChI is InChI=1S/C14H20N2O2S/c1-3-13(4-2)16-9-10-19(17,18)14-7-5-12(11-15)6-8-14/h5-8,13,16H,3-4,9-10H2,1-2H3. The van der Waals surface area contributed by atoms with Crippen LogP contribution in [-0.2, 0) is 9.84 Å². The van der Waals surface area contributed by atoms with Gasteiger partial charge in [0.1, 0.15) is 0 Å². The topological polar surface area (TPSA) is 70.0 Å². The summed E-state index contributed by atoms with van der Waals surface area (Å²) in [6.45, 7) is 4.61. The van der Waals surface area contributed by atoms with Crippen molar-refractivity contribution in [1.29, 1.82) is 5.26 Å². The third-order valence-corrected chi connectivity index (χ3v) is 4.86. The second-order valence-corrected chi connectivity index (χ2v) is 6.53. The monoisotopic (exact) mass is 280 g/mol. The second kappa shape index (κ2) is 7.27. The van der Waals surface area contributed by atoms with Crippen molar-refractivity contribution in [2.75, 3.05) is 12.3 Å². The lowest BCUT2D eigenvalue weighted by molar-refractivity contribution is 0.497. The zero-order valence-corrected chi connectivity index (χ0v) is 12.2. The van der Waals surface area contributed by atoms with Crippen LogP contribution in [0, 0.1) is 11.3 Å². The van der Waals surface area contributed by atoms with Gasteiger partial charge in [-0.1, -0.05) is 13.8 Å². The van der Waals surface area contributed by atoms with E-state index in [1.165, 1.54) is 24.3 Å². The van der Waals surface area contributed by atoms with Crippen molar-refractivity contribution in [3.05, 3.63) is 29.8 Å². The molecule has 0 unspecified atom stereocenters. The summed E-state index contributed by atoms with van der Waals surface area (Å²) in [5.41, 5.74) is 0.467. The van der Waals surface area contributed by atoms with Crippen LogP contribution in [0.2, 0.25) is 0 Å². The Hall–Kier alpha value is -1.38. The summed E-state index contributed by atoms with van der Waals surface area (Å²) < 4.78 is 24.1. The molecule has 0 saturated heterocycles. The highest BCUT2D eigenvalue weighted by Crippen LogP contribution is 2.12. The average molecular weight is 280 g/mol. The third-order valence-electron chi connectivity index (χ3n) is 3.13. The first kappa shape index (κ1) is 15.7. The Bertz CT molecular complexity index is 526. The summed E-state index contributed by atoms with van der Waals surface area (Å²) in [5.74, 6) is 0.0788. The van der Waals surface area contributed by atoms with Gasteiger partial charge in [-0.15, -0.1) is 0 Å². The lowest BCUT2D eigenvalue weighted by Gasteiger charge is -2.14. The Balaban J connectivity index is 2.63. The van der Waals surface area contributed by atoms with E-state index in [4.69, 9.17) is 5.26 Å². The van der Waals surface area contributed by atoms with Gasteiger partial charge in [0.15, 0.2) is 9.84 Å². The van der Waals surface area contributed by atoms with E-state index in [-0.39, 0.29) is 10.6 Å². The molecule has 0 heterocycles. The summed E-state index contributed by atoms with van der Waals surface area (Å²) in [7, 11) is -3.27. The maximum Gasteiger partial charge on any atom is 0.179 e. The van der Waals surface area contributed by atoms with Crippen molar-refractivity contribution < 1.29 is 8.42 Å². The van der Waals surface area contributed by atoms with Crippen LogP contribution in [0.15, 0.2) is 29.2 Å². The lowest BCUT2D eigenvalue weighted by atomic mass is 10.2. The van der Waals surface area contributed by atoms with E-state index >= 15 is 0 Å². The zero-order valence-electron chi connectivity index (χ0n) is 11.4. The molecule has 1 rings (SSSR count). The first-order valence-electron chi connectivity index (χ1n) is 6.49. The van der Waals surface area contributed by atoms with Crippen molar-refractivity contribution in [3.63, 3.8) is 0 Å². The molecular formula is C14H20N2O2S. The number of rotatable bonds is 7. The number of benzene rings is 1. The maximum atomic E-state index is 12.1. The van der Waals surface area contributed by atoms with E-state index in [1.807, 2.05) is 6.07 Å². The highest BCUT2D eigenvalue weighted by Gasteiger charge is 2.14. The first-order chi connectivity index (χ1) is 9.03. The quantitative estimate of drug-likeness (QED) is 0.830. The summed E-state index contributed by atoms with van der Waals surface area (Å²) in [4.78, 5) is 0.276. The normalized spacial score (nSPS) is 11.5. The van der Waals surface area contributed by atoms with Crippen molar-refractivity contribution in [3.8, 4) is 6.07 Å².